The zero-order valence-corrected chi connectivity index (χ0v) is 7.58. The quantitative estimate of drug-likeness (QED) is 0.416. The zero-order chi connectivity index (χ0) is 8.59. The molecule has 0 saturated heterocycles. The van der Waals surface area contributed by atoms with Gasteiger partial charge in [-0.15, -0.1) is 0 Å². The number of hydrogen-bond donors (Lipinski definition) is 2. The molecule has 0 atom stereocenters. The van der Waals surface area contributed by atoms with Crippen LogP contribution >= 0.6 is 27.5 Å². The molecule has 0 aliphatic rings. The molecule has 0 unspecified atom stereocenters. The minimum Gasteiger partial charge on any atom is -0.506 e. The number of aromatic hydroxyl groups is 1. The van der Waals surface area contributed by atoms with Crippen molar-refractivity contribution >= 4 is 33.2 Å². The van der Waals surface area contributed by atoms with Crippen molar-refractivity contribution in [2.75, 3.05) is 5.73 Å². The van der Waals surface area contributed by atoms with E-state index in [1.54, 1.807) is 0 Å². The van der Waals surface area contributed by atoms with Gasteiger partial charge >= 0.3 is 0 Å². The normalized spacial score (nSPS) is 10.1. The van der Waals surface area contributed by atoms with Gasteiger partial charge in [-0.05, 0) is 22.0 Å². The highest BCUT2D eigenvalue weighted by Gasteiger charge is 2.11. The van der Waals surface area contributed by atoms with Crippen molar-refractivity contribution in [1.82, 2.24) is 0 Å². The van der Waals surface area contributed by atoms with Gasteiger partial charge in [0.2, 0.25) is 0 Å². The fraction of sp³-hybridized carbons (Fsp3) is 0. The Kier molecular flexibility index (Phi) is 2.25. The number of anilines is 1. The number of benzene rings is 1. The minimum absolute atomic E-state index is 0.0919. The summed E-state index contributed by atoms with van der Waals surface area (Å²) in [6.45, 7) is 0. The molecule has 0 spiro atoms. The maximum atomic E-state index is 12.8. The Balaban J connectivity index is 3.46. The molecule has 0 heterocycles. The van der Waals surface area contributed by atoms with Gasteiger partial charge in [-0.2, -0.15) is 0 Å². The van der Waals surface area contributed by atoms with Crippen LogP contribution in [0.4, 0.5) is 10.1 Å². The van der Waals surface area contributed by atoms with Gasteiger partial charge in [0.25, 0.3) is 0 Å². The van der Waals surface area contributed by atoms with E-state index in [0.717, 1.165) is 6.07 Å². The molecule has 0 aliphatic heterocycles. The molecule has 1 aromatic carbocycles. The molecule has 3 N–H and O–H groups in total. The molecular formula is C6H4BrClFNO. The van der Waals surface area contributed by atoms with Crippen LogP contribution < -0.4 is 5.73 Å². The lowest BCUT2D eigenvalue weighted by Gasteiger charge is -2.03. The number of phenols is 1. The highest BCUT2D eigenvalue weighted by atomic mass is 79.9. The average molecular weight is 240 g/mol. The van der Waals surface area contributed by atoms with E-state index in [4.69, 9.17) is 22.4 Å². The van der Waals surface area contributed by atoms with Gasteiger partial charge in [0.05, 0.1) is 10.2 Å². The molecular weight excluding hydrogens is 236 g/mol. The Morgan fingerprint density at radius 3 is 2.73 bits per heavy atom. The molecule has 11 heavy (non-hydrogen) atoms. The van der Waals surface area contributed by atoms with Crippen molar-refractivity contribution in [3.05, 3.63) is 21.4 Å². The molecule has 60 valence electrons. The molecule has 1 aromatic rings. The second kappa shape index (κ2) is 2.87. The summed E-state index contributed by atoms with van der Waals surface area (Å²) in [5.74, 6) is -0.898. The van der Waals surface area contributed by atoms with Crippen molar-refractivity contribution in [3.8, 4) is 5.75 Å². The van der Waals surface area contributed by atoms with Gasteiger partial charge in [0, 0.05) is 0 Å². The smallest absolute Gasteiger partial charge is 0.158 e. The van der Waals surface area contributed by atoms with Gasteiger partial charge in [0.15, 0.2) is 5.82 Å². The lowest BCUT2D eigenvalue weighted by Crippen LogP contribution is -1.90. The van der Waals surface area contributed by atoms with Crippen molar-refractivity contribution in [2.45, 2.75) is 0 Å². The number of hydrogen-bond acceptors (Lipinski definition) is 2. The minimum atomic E-state index is -0.665. The summed E-state index contributed by atoms with van der Waals surface area (Å²) >= 11 is 8.25. The van der Waals surface area contributed by atoms with E-state index >= 15 is 0 Å². The van der Waals surface area contributed by atoms with Crippen molar-refractivity contribution < 1.29 is 9.50 Å². The second-order valence-electron chi connectivity index (χ2n) is 1.92. The number of phenolic OH excluding ortho intramolecular Hbond substituents is 1. The van der Waals surface area contributed by atoms with Gasteiger partial charge in [-0.25, -0.2) is 4.39 Å². The van der Waals surface area contributed by atoms with Crippen LogP contribution in [0, 0.1) is 5.82 Å². The van der Waals surface area contributed by atoms with E-state index in [-0.39, 0.29) is 20.9 Å². The largest absolute Gasteiger partial charge is 0.506 e. The molecule has 1 rings (SSSR count). The van der Waals surface area contributed by atoms with Crippen molar-refractivity contribution in [2.24, 2.45) is 0 Å². The Bertz CT molecular complexity index is 279. The van der Waals surface area contributed by atoms with E-state index in [9.17, 15) is 4.39 Å². The molecule has 0 bridgehead atoms. The predicted molar refractivity (Wildman–Crippen MR) is 45.2 cm³/mol. The number of nitrogen functional groups attached to an aromatic ring is 1. The van der Waals surface area contributed by atoms with Gasteiger partial charge < -0.3 is 10.8 Å². The van der Waals surface area contributed by atoms with Crippen LogP contribution in [0.1, 0.15) is 0 Å². The van der Waals surface area contributed by atoms with Crippen molar-refractivity contribution in [1.29, 1.82) is 0 Å². The second-order valence-corrected chi connectivity index (χ2v) is 3.15. The van der Waals surface area contributed by atoms with Crippen LogP contribution in [0.15, 0.2) is 10.5 Å². The lowest BCUT2D eigenvalue weighted by molar-refractivity contribution is 0.475. The fourth-order valence-electron chi connectivity index (χ4n) is 0.597. The number of rotatable bonds is 0. The third-order valence-electron chi connectivity index (χ3n) is 1.18. The van der Waals surface area contributed by atoms with Crippen LogP contribution in [-0.4, -0.2) is 5.11 Å². The summed E-state index contributed by atoms with van der Waals surface area (Å²) < 4.78 is 12.9. The summed E-state index contributed by atoms with van der Waals surface area (Å²) in [5, 5.41) is 8.73. The van der Waals surface area contributed by atoms with Crippen LogP contribution in [-0.2, 0) is 0 Å². The third kappa shape index (κ3) is 1.41. The van der Waals surface area contributed by atoms with E-state index in [1.165, 1.54) is 0 Å². The number of halogens is 3. The van der Waals surface area contributed by atoms with Gasteiger partial charge in [-0.3, -0.25) is 0 Å². The van der Waals surface area contributed by atoms with E-state index in [1.807, 2.05) is 0 Å². The van der Waals surface area contributed by atoms with Crippen LogP contribution in [0.2, 0.25) is 5.02 Å². The monoisotopic (exact) mass is 239 g/mol. The topological polar surface area (TPSA) is 46.2 Å². The first-order valence-corrected chi connectivity index (χ1v) is 3.83. The first-order valence-electron chi connectivity index (χ1n) is 2.66. The van der Waals surface area contributed by atoms with Crippen molar-refractivity contribution in [3.63, 3.8) is 0 Å². The maximum absolute atomic E-state index is 12.8. The first kappa shape index (κ1) is 8.62. The van der Waals surface area contributed by atoms with Crippen LogP contribution in [0.5, 0.6) is 5.75 Å². The Labute approximate surface area is 75.9 Å². The molecule has 0 aromatic heterocycles. The number of nitrogens with two attached hydrogens (primary N) is 1. The highest BCUT2D eigenvalue weighted by molar-refractivity contribution is 9.10. The Hall–Kier alpha value is -0.480. The standard InChI is InChI=1S/C6H4BrClFNO/c7-2-1-3(11)6(10)4(8)5(2)9/h1,11H,10H2. The van der Waals surface area contributed by atoms with Crippen LogP contribution in [0.25, 0.3) is 0 Å². The first-order chi connectivity index (χ1) is 5.04. The summed E-state index contributed by atoms with van der Waals surface area (Å²) in [4.78, 5) is 0. The average Bonchev–Trinajstić information content (AvgIpc) is 1.97. The molecule has 0 radical (unpaired) electrons. The summed E-state index contributed by atoms with van der Waals surface area (Å²) in [7, 11) is 0. The summed E-state index contributed by atoms with van der Waals surface area (Å²) in [6, 6.07) is 1.15. The molecule has 0 aliphatic carbocycles. The molecule has 2 nitrogen and oxygen atoms in total. The Morgan fingerprint density at radius 2 is 2.18 bits per heavy atom. The molecule has 5 heteroatoms. The predicted octanol–water partition coefficient (Wildman–Crippen LogP) is 2.53. The van der Waals surface area contributed by atoms with E-state index in [0.29, 0.717) is 0 Å². The molecule has 0 amide bonds. The highest BCUT2D eigenvalue weighted by Crippen LogP contribution is 2.35. The molecule has 0 fully saturated rings. The third-order valence-corrected chi connectivity index (χ3v) is 2.12. The zero-order valence-electron chi connectivity index (χ0n) is 5.24. The lowest BCUT2D eigenvalue weighted by atomic mass is 10.3. The van der Waals surface area contributed by atoms with Gasteiger partial charge in [-0.1, -0.05) is 11.6 Å². The maximum Gasteiger partial charge on any atom is 0.158 e. The van der Waals surface area contributed by atoms with Gasteiger partial charge in [0.1, 0.15) is 10.8 Å². The summed E-state index contributed by atoms with van der Waals surface area (Å²) in [6.07, 6.45) is 0. The van der Waals surface area contributed by atoms with Crippen LogP contribution in [0.3, 0.4) is 0 Å². The Morgan fingerprint density at radius 1 is 1.64 bits per heavy atom. The van der Waals surface area contributed by atoms with E-state index in [2.05, 4.69) is 15.9 Å². The van der Waals surface area contributed by atoms with E-state index < -0.39 is 5.82 Å². The summed E-state index contributed by atoms with van der Waals surface area (Å²) in [5.41, 5.74) is 5.06. The molecule has 0 saturated carbocycles. The fourth-order valence-corrected chi connectivity index (χ4v) is 1.32. The SMILES string of the molecule is Nc1c(O)cc(Br)c(F)c1Cl.